The number of hydrogen-bond donors (Lipinski definition) is 1. The molecule has 17 heavy (non-hydrogen) atoms. The van der Waals surface area contributed by atoms with Crippen LogP contribution in [-0.2, 0) is 9.53 Å². The van der Waals surface area contributed by atoms with Gasteiger partial charge in [-0.15, -0.1) is 0 Å². The summed E-state index contributed by atoms with van der Waals surface area (Å²) in [4.78, 5) is 11.6. The van der Waals surface area contributed by atoms with Gasteiger partial charge in [0, 0.05) is 5.69 Å². The Morgan fingerprint density at radius 2 is 1.88 bits per heavy atom. The van der Waals surface area contributed by atoms with Gasteiger partial charge in [0.2, 0.25) is 0 Å². The minimum Gasteiger partial charge on any atom is -0.479 e. The predicted octanol–water partition coefficient (Wildman–Crippen LogP) is 2.38. The van der Waals surface area contributed by atoms with Crippen LogP contribution in [0.5, 0.6) is 5.75 Å². The normalized spacial score (nSPS) is 13.8. The van der Waals surface area contributed by atoms with Crippen molar-refractivity contribution in [3.63, 3.8) is 0 Å². The Hall–Kier alpha value is -1.71. The molecule has 0 fully saturated rings. The molecular formula is C13H19NO3. The molecule has 2 unspecified atom stereocenters. The Bertz CT molecular complexity index is 361. The molecule has 0 saturated carbocycles. The lowest BCUT2D eigenvalue weighted by molar-refractivity contribution is -0.155. The summed E-state index contributed by atoms with van der Waals surface area (Å²) in [5, 5.41) is 0. The molecule has 1 aromatic rings. The smallest absolute Gasteiger partial charge is 0.347 e. The van der Waals surface area contributed by atoms with Gasteiger partial charge in [0.15, 0.2) is 6.10 Å². The molecular weight excluding hydrogens is 218 g/mol. The minimum absolute atomic E-state index is 0.0834. The van der Waals surface area contributed by atoms with Gasteiger partial charge in [-0.3, -0.25) is 0 Å². The lowest BCUT2D eigenvalue weighted by Crippen LogP contribution is -2.29. The van der Waals surface area contributed by atoms with Crippen LogP contribution in [0.4, 0.5) is 5.69 Å². The van der Waals surface area contributed by atoms with E-state index in [4.69, 9.17) is 15.2 Å². The van der Waals surface area contributed by atoms with Crippen molar-refractivity contribution in [1.29, 1.82) is 0 Å². The lowest BCUT2D eigenvalue weighted by atomic mass is 10.3. The molecule has 0 heterocycles. The number of esters is 1. The standard InChI is InChI=1S/C13H19NO3/c1-4-9(2)16-13(15)10(3)17-12-7-5-11(14)6-8-12/h5-10H,4,14H2,1-3H3. The Kier molecular flexibility index (Phi) is 4.82. The van der Waals surface area contributed by atoms with Crippen LogP contribution in [0.15, 0.2) is 24.3 Å². The van der Waals surface area contributed by atoms with E-state index in [1.54, 1.807) is 31.2 Å². The van der Waals surface area contributed by atoms with E-state index in [2.05, 4.69) is 0 Å². The Balaban J connectivity index is 2.51. The molecule has 0 aromatic heterocycles. The number of nitrogens with two attached hydrogens (primary N) is 1. The van der Waals surface area contributed by atoms with Crippen LogP contribution in [0, 0.1) is 0 Å². The molecule has 0 aliphatic rings. The third-order valence-corrected chi connectivity index (χ3v) is 2.42. The fourth-order valence-corrected chi connectivity index (χ4v) is 1.18. The summed E-state index contributed by atoms with van der Waals surface area (Å²) in [5.41, 5.74) is 6.21. The van der Waals surface area contributed by atoms with Gasteiger partial charge < -0.3 is 15.2 Å². The van der Waals surface area contributed by atoms with E-state index in [0.717, 1.165) is 6.42 Å². The zero-order valence-corrected chi connectivity index (χ0v) is 10.5. The molecule has 0 spiro atoms. The maximum absolute atomic E-state index is 11.6. The number of hydrogen-bond acceptors (Lipinski definition) is 4. The fourth-order valence-electron chi connectivity index (χ4n) is 1.18. The average Bonchev–Trinajstić information content (AvgIpc) is 2.31. The highest BCUT2D eigenvalue weighted by Crippen LogP contribution is 2.15. The first kappa shape index (κ1) is 13.4. The molecule has 0 saturated heterocycles. The van der Waals surface area contributed by atoms with Gasteiger partial charge in [-0.25, -0.2) is 4.79 Å². The molecule has 0 radical (unpaired) electrons. The molecule has 4 heteroatoms. The SMILES string of the molecule is CCC(C)OC(=O)C(C)Oc1ccc(N)cc1. The molecule has 0 amide bonds. The minimum atomic E-state index is -0.618. The maximum atomic E-state index is 11.6. The molecule has 0 aliphatic carbocycles. The van der Waals surface area contributed by atoms with Gasteiger partial charge in [0.1, 0.15) is 5.75 Å². The summed E-state index contributed by atoms with van der Waals surface area (Å²) in [6.45, 7) is 5.48. The Morgan fingerprint density at radius 1 is 1.29 bits per heavy atom. The zero-order chi connectivity index (χ0) is 12.8. The number of rotatable bonds is 5. The number of nitrogen functional groups attached to an aromatic ring is 1. The van der Waals surface area contributed by atoms with Gasteiger partial charge in [-0.1, -0.05) is 6.92 Å². The molecule has 2 N–H and O–H groups in total. The summed E-state index contributed by atoms with van der Waals surface area (Å²) in [6, 6.07) is 6.90. The summed E-state index contributed by atoms with van der Waals surface area (Å²) in [6.07, 6.45) is 0.0907. The van der Waals surface area contributed by atoms with Gasteiger partial charge in [-0.2, -0.15) is 0 Å². The van der Waals surface area contributed by atoms with Gasteiger partial charge in [0.25, 0.3) is 0 Å². The number of anilines is 1. The maximum Gasteiger partial charge on any atom is 0.347 e. The second-order valence-corrected chi connectivity index (χ2v) is 3.98. The summed E-state index contributed by atoms with van der Waals surface area (Å²) < 4.78 is 10.6. The van der Waals surface area contributed by atoms with Crippen LogP contribution < -0.4 is 10.5 Å². The fraction of sp³-hybridized carbons (Fsp3) is 0.462. The van der Waals surface area contributed by atoms with E-state index in [9.17, 15) is 4.79 Å². The molecule has 1 aromatic carbocycles. The number of benzene rings is 1. The van der Waals surface area contributed by atoms with Crippen molar-refractivity contribution in [2.75, 3.05) is 5.73 Å². The third kappa shape index (κ3) is 4.34. The number of ether oxygens (including phenoxy) is 2. The van der Waals surface area contributed by atoms with E-state index in [1.165, 1.54) is 0 Å². The van der Waals surface area contributed by atoms with Crippen molar-refractivity contribution in [3.8, 4) is 5.75 Å². The highest BCUT2D eigenvalue weighted by atomic mass is 16.6. The van der Waals surface area contributed by atoms with Crippen LogP contribution in [-0.4, -0.2) is 18.2 Å². The third-order valence-electron chi connectivity index (χ3n) is 2.42. The summed E-state index contributed by atoms with van der Waals surface area (Å²) in [7, 11) is 0. The van der Waals surface area contributed by atoms with Crippen molar-refractivity contribution in [2.45, 2.75) is 39.4 Å². The first-order chi connectivity index (χ1) is 8.02. The van der Waals surface area contributed by atoms with Crippen molar-refractivity contribution in [1.82, 2.24) is 0 Å². The lowest BCUT2D eigenvalue weighted by Gasteiger charge is -2.17. The van der Waals surface area contributed by atoms with E-state index in [0.29, 0.717) is 11.4 Å². The highest BCUT2D eigenvalue weighted by molar-refractivity contribution is 5.74. The Labute approximate surface area is 102 Å². The second-order valence-electron chi connectivity index (χ2n) is 3.98. The monoisotopic (exact) mass is 237 g/mol. The number of carbonyl (C=O) groups excluding carboxylic acids is 1. The van der Waals surface area contributed by atoms with Crippen molar-refractivity contribution in [3.05, 3.63) is 24.3 Å². The molecule has 0 aliphatic heterocycles. The van der Waals surface area contributed by atoms with Crippen LogP contribution in [0.3, 0.4) is 0 Å². The van der Waals surface area contributed by atoms with E-state index in [-0.39, 0.29) is 12.1 Å². The van der Waals surface area contributed by atoms with Crippen LogP contribution in [0.1, 0.15) is 27.2 Å². The van der Waals surface area contributed by atoms with Crippen molar-refractivity contribution in [2.24, 2.45) is 0 Å². The van der Waals surface area contributed by atoms with Crippen LogP contribution in [0.25, 0.3) is 0 Å². The quantitative estimate of drug-likeness (QED) is 0.631. The van der Waals surface area contributed by atoms with Gasteiger partial charge >= 0.3 is 5.97 Å². The van der Waals surface area contributed by atoms with E-state index < -0.39 is 6.10 Å². The van der Waals surface area contributed by atoms with Crippen LogP contribution in [0.2, 0.25) is 0 Å². The van der Waals surface area contributed by atoms with E-state index >= 15 is 0 Å². The summed E-state index contributed by atoms with van der Waals surface area (Å²) >= 11 is 0. The molecule has 2 atom stereocenters. The van der Waals surface area contributed by atoms with Gasteiger partial charge in [-0.05, 0) is 44.5 Å². The first-order valence-corrected chi connectivity index (χ1v) is 5.75. The molecule has 1 rings (SSSR count). The van der Waals surface area contributed by atoms with Crippen molar-refractivity contribution < 1.29 is 14.3 Å². The summed E-state index contributed by atoms with van der Waals surface area (Å²) in [5.74, 6) is 0.254. The Morgan fingerprint density at radius 3 is 2.41 bits per heavy atom. The predicted molar refractivity (Wildman–Crippen MR) is 66.8 cm³/mol. The molecule has 0 bridgehead atoms. The van der Waals surface area contributed by atoms with E-state index in [1.807, 2.05) is 13.8 Å². The molecule has 94 valence electrons. The molecule has 4 nitrogen and oxygen atoms in total. The van der Waals surface area contributed by atoms with Gasteiger partial charge in [0.05, 0.1) is 6.10 Å². The van der Waals surface area contributed by atoms with Crippen LogP contribution >= 0.6 is 0 Å². The highest BCUT2D eigenvalue weighted by Gasteiger charge is 2.18. The zero-order valence-electron chi connectivity index (χ0n) is 10.5. The second kappa shape index (κ2) is 6.13. The number of carbonyl (C=O) groups is 1. The van der Waals surface area contributed by atoms with Crippen molar-refractivity contribution >= 4 is 11.7 Å². The first-order valence-electron chi connectivity index (χ1n) is 5.75. The average molecular weight is 237 g/mol. The largest absolute Gasteiger partial charge is 0.479 e. The topological polar surface area (TPSA) is 61.5 Å².